The van der Waals surface area contributed by atoms with Gasteiger partial charge >= 0.3 is 0 Å². The summed E-state index contributed by atoms with van der Waals surface area (Å²) in [6.07, 6.45) is 0. The van der Waals surface area contributed by atoms with Crippen LogP contribution >= 0.6 is 0 Å². The highest BCUT2D eigenvalue weighted by Crippen LogP contribution is 2.34. The molecule has 19 heavy (non-hydrogen) atoms. The van der Waals surface area contributed by atoms with E-state index in [2.05, 4.69) is 0 Å². The average Bonchev–Trinajstić information content (AvgIpc) is 2.42. The Kier molecular flexibility index (Phi) is 2.29. The molecule has 0 bridgehead atoms. The second-order valence-electron chi connectivity index (χ2n) is 4.67. The summed E-state index contributed by atoms with van der Waals surface area (Å²) >= 11 is 0. The van der Waals surface area contributed by atoms with E-state index in [0.29, 0.717) is 16.5 Å². The van der Waals surface area contributed by atoms with Gasteiger partial charge in [-0.2, -0.15) is 0 Å². The zero-order valence-electron chi connectivity index (χ0n) is 10.6. The molecule has 0 fully saturated rings. The molecule has 0 saturated carbocycles. The van der Waals surface area contributed by atoms with Gasteiger partial charge in [-0.05, 0) is 19.1 Å². The van der Waals surface area contributed by atoms with Crippen molar-refractivity contribution in [1.29, 1.82) is 0 Å². The number of rotatable bonds is 0. The Labute approximate surface area is 109 Å². The highest BCUT2D eigenvalue weighted by atomic mass is 16.3. The Balaban J connectivity index is 2.73. The Morgan fingerprint density at radius 3 is 2.53 bits per heavy atom. The molecule has 2 N–H and O–H groups in total. The van der Waals surface area contributed by atoms with Gasteiger partial charge in [-0.3, -0.25) is 4.79 Å². The first-order chi connectivity index (χ1) is 9.02. The standard InChI is InChI=1S/C15H13NO3/c1-8-12(17)7-11-13(14(8)18)15(19)9-5-3-4-6-10(9)16(11)2/h3-7,17-18H,1-2H3. The molecule has 0 saturated heterocycles. The van der Waals surface area contributed by atoms with Crippen molar-refractivity contribution in [3.63, 3.8) is 0 Å². The molecule has 0 amide bonds. The molecule has 1 aromatic heterocycles. The fourth-order valence-corrected chi connectivity index (χ4v) is 2.45. The van der Waals surface area contributed by atoms with E-state index >= 15 is 0 Å². The first-order valence-corrected chi connectivity index (χ1v) is 5.95. The van der Waals surface area contributed by atoms with Gasteiger partial charge in [0.1, 0.15) is 11.5 Å². The van der Waals surface area contributed by atoms with Crippen molar-refractivity contribution in [3.8, 4) is 11.5 Å². The molecule has 0 atom stereocenters. The number of phenols is 2. The molecule has 0 aliphatic rings. The van der Waals surface area contributed by atoms with Crippen LogP contribution in [-0.4, -0.2) is 14.8 Å². The van der Waals surface area contributed by atoms with E-state index in [1.807, 2.05) is 12.1 Å². The smallest absolute Gasteiger partial charge is 0.200 e. The number of pyridine rings is 1. The Morgan fingerprint density at radius 2 is 1.79 bits per heavy atom. The first kappa shape index (κ1) is 11.6. The third-order valence-electron chi connectivity index (χ3n) is 3.60. The number of fused-ring (bicyclic) bond motifs is 2. The Morgan fingerprint density at radius 1 is 1.11 bits per heavy atom. The van der Waals surface area contributed by atoms with Gasteiger partial charge in [0, 0.05) is 24.1 Å². The summed E-state index contributed by atoms with van der Waals surface area (Å²) in [4.78, 5) is 12.5. The molecule has 0 radical (unpaired) electrons. The summed E-state index contributed by atoms with van der Waals surface area (Å²) in [7, 11) is 1.80. The highest BCUT2D eigenvalue weighted by molar-refractivity contribution is 5.97. The second-order valence-corrected chi connectivity index (χ2v) is 4.67. The predicted molar refractivity (Wildman–Crippen MR) is 74.8 cm³/mol. The summed E-state index contributed by atoms with van der Waals surface area (Å²) in [5, 5.41) is 20.7. The number of hydrogen-bond acceptors (Lipinski definition) is 3. The van der Waals surface area contributed by atoms with Crippen molar-refractivity contribution in [1.82, 2.24) is 4.57 Å². The fraction of sp³-hybridized carbons (Fsp3) is 0.133. The maximum absolute atomic E-state index is 12.5. The van der Waals surface area contributed by atoms with Crippen LogP contribution in [0.2, 0.25) is 0 Å². The van der Waals surface area contributed by atoms with E-state index in [0.717, 1.165) is 5.52 Å². The maximum atomic E-state index is 12.5. The van der Waals surface area contributed by atoms with Crippen LogP contribution < -0.4 is 5.43 Å². The molecule has 0 spiro atoms. The number of para-hydroxylation sites is 1. The molecular formula is C15H13NO3. The number of phenolic OH excluding ortho intramolecular Hbond substituents is 2. The third-order valence-corrected chi connectivity index (χ3v) is 3.60. The number of benzene rings is 2. The topological polar surface area (TPSA) is 62.5 Å². The van der Waals surface area contributed by atoms with Crippen LogP contribution in [-0.2, 0) is 7.05 Å². The van der Waals surface area contributed by atoms with Gasteiger partial charge in [-0.1, -0.05) is 12.1 Å². The molecule has 4 nitrogen and oxygen atoms in total. The Bertz CT molecular complexity index is 878. The lowest BCUT2D eigenvalue weighted by atomic mass is 10.0. The summed E-state index contributed by atoms with van der Waals surface area (Å²) in [6, 6.07) is 8.72. The summed E-state index contributed by atoms with van der Waals surface area (Å²) in [6.45, 7) is 1.58. The lowest BCUT2D eigenvalue weighted by Gasteiger charge is -2.13. The van der Waals surface area contributed by atoms with Crippen LogP contribution in [0.1, 0.15) is 5.56 Å². The summed E-state index contributed by atoms with van der Waals surface area (Å²) in [5.74, 6) is -0.170. The number of aromatic hydroxyl groups is 2. The van der Waals surface area contributed by atoms with Crippen LogP contribution in [0.15, 0.2) is 35.1 Å². The first-order valence-electron chi connectivity index (χ1n) is 5.95. The van der Waals surface area contributed by atoms with Gasteiger partial charge in [0.15, 0.2) is 0 Å². The third kappa shape index (κ3) is 1.43. The molecule has 3 rings (SSSR count). The average molecular weight is 255 g/mol. The van der Waals surface area contributed by atoms with Gasteiger partial charge in [0.05, 0.1) is 16.4 Å². The van der Waals surface area contributed by atoms with Gasteiger partial charge in [-0.25, -0.2) is 0 Å². The van der Waals surface area contributed by atoms with E-state index in [4.69, 9.17) is 0 Å². The minimum atomic E-state index is -0.218. The number of aromatic nitrogens is 1. The van der Waals surface area contributed by atoms with Crippen LogP contribution in [0.4, 0.5) is 0 Å². The minimum absolute atomic E-state index is 0.0183. The summed E-state index contributed by atoms with van der Waals surface area (Å²) < 4.78 is 1.80. The Hall–Kier alpha value is -2.49. The van der Waals surface area contributed by atoms with Crippen molar-refractivity contribution in [2.45, 2.75) is 6.92 Å². The normalized spacial score (nSPS) is 11.3. The molecule has 96 valence electrons. The molecule has 0 aliphatic heterocycles. The van der Waals surface area contributed by atoms with Crippen molar-refractivity contribution in [3.05, 3.63) is 46.1 Å². The van der Waals surface area contributed by atoms with Crippen molar-refractivity contribution < 1.29 is 10.2 Å². The predicted octanol–water partition coefficient (Wildman–Crippen LogP) is 2.41. The number of aryl methyl sites for hydroxylation is 1. The lowest BCUT2D eigenvalue weighted by Crippen LogP contribution is -2.09. The van der Waals surface area contributed by atoms with Gasteiger partial charge < -0.3 is 14.8 Å². The molecule has 0 aliphatic carbocycles. The molecule has 3 aromatic rings. The largest absolute Gasteiger partial charge is 0.507 e. The second kappa shape index (κ2) is 3.75. The lowest BCUT2D eigenvalue weighted by molar-refractivity contribution is 0.447. The van der Waals surface area contributed by atoms with E-state index in [1.54, 1.807) is 30.7 Å². The van der Waals surface area contributed by atoms with Gasteiger partial charge in [0.2, 0.25) is 5.43 Å². The van der Waals surface area contributed by atoms with E-state index in [-0.39, 0.29) is 22.3 Å². The molecule has 0 unspecified atom stereocenters. The van der Waals surface area contributed by atoms with Crippen molar-refractivity contribution in [2.75, 3.05) is 0 Å². The van der Waals surface area contributed by atoms with E-state index in [9.17, 15) is 15.0 Å². The zero-order chi connectivity index (χ0) is 13.7. The maximum Gasteiger partial charge on any atom is 0.200 e. The van der Waals surface area contributed by atoms with Crippen LogP contribution in [0, 0.1) is 6.92 Å². The number of hydrogen-bond donors (Lipinski definition) is 2. The zero-order valence-corrected chi connectivity index (χ0v) is 10.6. The van der Waals surface area contributed by atoms with E-state index < -0.39 is 0 Å². The molecular weight excluding hydrogens is 242 g/mol. The SMILES string of the molecule is Cc1c(O)cc2c(c1O)c(=O)c1ccccc1n2C. The van der Waals surface area contributed by atoms with Crippen LogP contribution in [0.5, 0.6) is 11.5 Å². The quantitative estimate of drug-likeness (QED) is 0.606. The monoisotopic (exact) mass is 255 g/mol. The minimum Gasteiger partial charge on any atom is -0.507 e. The van der Waals surface area contributed by atoms with Crippen LogP contribution in [0.25, 0.3) is 21.8 Å². The molecule has 1 heterocycles. The van der Waals surface area contributed by atoms with E-state index in [1.165, 1.54) is 6.07 Å². The van der Waals surface area contributed by atoms with Gasteiger partial charge in [-0.15, -0.1) is 0 Å². The highest BCUT2D eigenvalue weighted by Gasteiger charge is 2.15. The van der Waals surface area contributed by atoms with Gasteiger partial charge in [0.25, 0.3) is 0 Å². The summed E-state index contributed by atoms with van der Waals surface area (Å²) in [5.41, 5.74) is 1.39. The van der Waals surface area contributed by atoms with Crippen LogP contribution in [0.3, 0.4) is 0 Å². The van der Waals surface area contributed by atoms with Crippen molar-refractivity contribution >= 4 is 21.8 Å². The molecule has 4 heteroatoms. The van der Waals surface area contributed by atoms with Crippen molar-refractivity contribution in [2.24, 2.45) is 7.05 Å². The fourth-order valence-electron chi connectivity index (χ4n) is 2.45. The molecule has 2 aromatic carbocycles. The number of nitrogens with zero attached hydrogens (tertiary/aromatic N) is 1.